The minimum Gasteiger partial charge on any atom is -0.378 e. The molecular weight excluding hydrogens is 339 g/mol. The lowest BCUT2D eigenvalue weighted by atomic mass is 10.1. The maximum atomic E-state index is 13.0. The van der Waals surface area contributed by atoms with Crippen LogP contribution in [0.4, 0.5) is 14.9 Å². The number of amides is 2. The second-order valence-corrected chi connectivity index (χ2v) is 6.87. The second kappa shape index (κ2) is 7.11. The Hall–Kier alpha value is -2.60. The van der Waals surface area contributed by atoms with Crippen LogP contribution in [0.25, 0.3) is 6.08 Å². The largest absolute Gasteiger partial charge is 0.378 e. The predicted molar refractivity (Wildman–Crippen MR) is 98.7 cm³/mol. The van der Waals surface area contributed by atoms with Gasteiger partial charge >= 0.3 is 0 Å². The average molecular weight is 356 g/mol. The summed E-state index contributed by atoms with van der Waals surface area (Å²) < 4.78 is 13.0. The molecule has 0 N–H and O–H groups in total. The van der Waals surface area contributed by atoms with E-state index in [0.717, 1.165) is 23.0 Å². The zero-order chi connectivity index (χ0) is 18.0. The molecule has 0 atom stereocenters. The van der Waals surface area contributed by atoms with Crippen molar-refractivity contribution < 1.29 is 14.0 Å². The first-order valence-electron chi connectivity index (χ1n) is 7.71. The fourth-order valence-electron chi connectivity index (χ4n) is 2.43. The fraction of sp³-hybridized carbons (Fsp3) is 0.158. The van der Waals surface area contributed by atoms with Crippen LogP contribution >= 0.6 is 11.8 Å². The van der Waals surface area contributed by atoms with E-state index in [-0.39, 0.29) is 23.5 Å². The van der Waals surface area contributed by atoms with E-state index in [9.17, 15) is 14.0 Å². The van der Waals surface area contributed by atoms with Gasteiger partial charge in [0.25, 0.3) is 11.1 Å². The number of carbonyl (C=O) groups excluding carboxylic acids is 2. The van der Waals surface area contributed by atoms with Crippen molar-refractivity contribution in [2.45, 2.75) is 6.54 Å². The Morgan fingerprint density at radius 1 is 1.04 bits per heavy atom. The van der Waals surface area contributed by atoms with Gasteiger partial charge in [0.15, 0.2) is 0 Å². The van der Waals surface area contributed by atoms with Crippen LogP contribution in [-0.2, 0) is 11.3 Å². The van der Waals surface area contributed by atoms with Gasteiger partial charge in [0.05, 0.1) is 11.4 Å². The molecule has 0 spiro atoms. The van der Waals surface area contributed by atoms with Crippen molar-refractivity contribution in [3.05, 3.63) is 70.4 Å². The van der Waals surface area contributed by atoms with Gasteiger partial charge in [0, 0.05) is 19.8 Å². The summed E-state index contributed by atoms with van der Waals surface area (Å²) in [4.78, 5) is 28.2. The van der Waals surface area contributed by atoms with Crippen LogP contribution in [-0.4, -0.2) is 30.1 Å². The van der Waals surface area contributed by atoms with Gasteiger partial charge in [-0.05, 0) is 53.2 Å². The Kier molecular flexibility index (Phi) is 4.90. The number of anilines is 1. The minimum atomic E-state index is -0.348. The Bertz CT molecular complexity index is 830. The first kappa shape index (κ1) is 17.2. The Labute approximate surface area is 149 Å². The molecule has 2 aromatic rings. The summed E-state index contributed by atoms with van der Waals surface area (Å²) in [5.74, 6) is -0.671. The smallest absolute Gasteiger partial charge is 0.293 e. The Morgan fingerprint density at radius 2 is 1.68 bits per heavy atom. The number of rotatable bonds is 4. The quantitative estimate of drug-likeness (QED) is 0.773. The number of hydrogen-bond donors (Lipinski definition) is 0. The van der Waals surface area contributed by atoms with Gasteiger partial charge in [0.1, 0.15) is 5.82 Å². The highest BCUT2D eigenvalue weighted by Crippen LogP contribution is 2.33. The molecule has 128 valence electrons. The first-order chi connectivity index (χ1) is 11.9. The number of benzene rings is 2. The van der Waals surface area contributed by atoms with Crippen molar-refractivity contribution in [2.75, 3.05) is 19.0 Å². The lowest BCUT2D eigenvalue weighted by Gasteiger charge is -2.12. The van der Waals surface area contributed by atoms with Crippen LogP contribution in [0.15, 0.2) is 53.4 Å². The lowest BCUT2D eigenvalue weighted by Crippen LogP contribution is -2.27. The molecule has 2 aromatic carbocycles. The van der Waals surface area contributed by atoms with E-state index in [1.807, 2.05) is 43.3 Å². The summed E-state index contributed by atoms with van der Waals surface area (Å²) in [5, 5.41) is -0.314. The molecule has 1 saturated heterocycles. The van der Waals surface area contributed by atoms with Gasteiger partial charge in [-0.1, -0.05) is 24.3 Å². The maximum absolute atomic E-state index is 13.0. The summed E-state index contributed by atoms with van der Waals surface area (Å²) in [6.07, 6.45) is 1.72. The van der Waals surface area contributed by atoms with Crippen molar-refractivity contribution in [1.82, 2.24) is 4.90 Å². The van der Waals surface area contributed by atoms with Crippen LogP contribution < -0.4 is 4.90 Å². The summed E-state index contributed by atoms with van der Waals surface area (Å²) in [7, 11) is 3.91. The summed E-state index contributed by atoms with van der Waals surface area (Å²) >= 11 is 0.924. The molecule has 1 aliphatic rings. The number of carbonyl (C=O) groups is 2. The molecule has 25 heavy (non-hydrogen) atoms. The number of nitrogens with zero attached hydrogens (tertiary/aromatic N) is 2. The first-order valence-corrected chi connectivity index (χ1v) is 8.53. The van der Waals surface area contributed by atoms with Crippen molar-refractivity contribution in [2.24, 2.45) is 0 Å². The molecule has 0 saturated carbocycles. The molecule has 1 heterocycles. The number of halogens is 1. The standard InChI is InChI=1S/C19H17FN2O2S/c1-21(2)16-9-5-13(6-10-16)11-17-18(23)22(19(24)25-17)12-14-3-7-15(20)8-4-14/h3-11H,12H2,1-2H3/b17-11-. The van der Waals surface area contributed by atoms with Crippen molar-refractivity contribution >= 4 is 34.7 Å². The van der Waals surface area contributed by atoms with E-state index in [0.29, 0.717) is 10.5 Å². The highest BCUT2D eigenvalue weighted by atomic mass is 32.2. The van der Waals surface area contributed by atoms with Crippen molar-refractivity contribution in [3.63, 3.8) is 0 Å². The van der Waals surface area contributed by atoms with E-state index < -0.39 is 0 Å². The van der Waals surface area contributed by atoms with Gasteiger partial charge in [-0.2, -0.15) is 0 Å². The third kappa shape index (κ3) is 3.91. The molecular formula is C19H17FN2O2S. The Balaban J connectivity index is 1.77. The van der Waals surface area contributed by atoms with Crippen LogP contribution in [0.5, 0.6) is 0 Å². The van der Waals surface area contributed by atoms with E-state index in [2.05, 4.69) is 0 Å². The molecule has 2 amide bonds. The molecule has 0 unspecified atom stereocenters. The summed E-state index contributed by atoms with van der Waals surface area (Å²) in [5.41, 5.74) is 2.62. The molecule has 0 aliphatic carbocycles. The fourth-order valence-corrected chi connectivity index (χ4v) is 3.27. The van der Waals surface area contributed by atoms with Crippen LogP contribution in [0.2, 0.25) is 0 Å². The summed E-state index contributed by atoms with van der Waals surface area (Å²) in [6, 6.07) is 13.5. The molecule has 0 bridgehead atoms. The SMILES string of the molecule is CN(C)c1ccc(/C=C2\SC(=O)N(Cc3ccc(F)cc3)C2=O)cc1. The van der Waals surface area contributed by atoms with Crippen molar-refractivity contribution in [3.8, 4) is 0 Å². The topological polar surface area (TPSA) is 40.6 Å². The molecule has 4 nitrogen and oxygen atoms in total. The molecule has 0 radical (unpaired) electrons. The van der Waals surface area contributed by atoms with Gasteiger partial charge in [-0.25, -0.2) is 4.39 Å². The van der Waals surface area contributed by atoms with Gasteiger partial charge < -0.3 is 4.90 Å². The van der Waals surface area contributed by atoms with Gasteiger partial charge in [0.2, 0.25) is 0 Å². The predicted octanol–water partition coefficient (Wildman–Crippen LogP) is 4.13. The second-order valence-electron chi connectivity index (χ2n) is 5.88. The summed E-state index contributed by atoms with van der Waals surface area (Å²) in [6.45, 7) is 0.141. The van der Waals surface area contributed by atoms with E-state index in [4.69, 9.17) is 0 Å². The molecule has 3 rings (SSSR count). The zero-order valence-corrected chi connectivity index (χ0v) is 14.7. The third-order valence-corrected chi connectivity index (χ3v) is 4.74. The van der Waals surface area contributed by atoms with Crippen molar-refractivity contribution in [1.29, 1.82) is 0 Å². The molecule has 1 aliphatic heterocycles. The average Bonchev–Trinajstić information content (AvgIpc) is 2.85. The van der Waals surface area contributed by atoms with Crippen LogP contribution in [0, 0.1) is 5.82 Å². The lowest BCUT2D eigenvalue weighted by molar-refractivity contribution is -0.123. The normalized spacial score (nSPS) is 16.0. The van der Waals surface area contributed by atoms with Gasteiger partial charge in [-0.3, -0.25) is 14.5 Å². The van der Waals surface area contributed by atoms with Crippen LogP contribution in [0.1, 0.15) is 11.1 Å². The highest BCUT2D eigenvalue weighted by molar-refractivity contribution is 8.18. The van der Waals surface area contributed by atoms with Gasteiger partial charge in [-0.15, -0.1) is 0 Å². The third-order valence-electron chi connectivity index (χ3n) is 3.83. The number of imide groups is 1. The van der Waals surface area contributed by atoms with E-state index >= 15 is 0 Å². The molecule has 0 aromatic heterocycles. The van der Waals surface area contributed by atoms with E-state index in [1.165, 1.54) is 17.0 Å². The number of hydrogen-bond acceptors (Lipinski definition) is 4. The Morgan fingerprint density at radius 3 is 2.28 bits per heavy atom. The van der Waals surface area contributed by atoms with Crippen LogP contribution in [0.3, 0.4) is 0 Å². The van der Waals surface area contributed by atoms with E-state index in [1.54, 1.807) is 18.2 Å². The zero-order valence-electron chi connectivity index (χ0n) is 13.9. The maximum Gasteiger partial charge on any atom is 0.293 e. The molecule has 1 fully saturated rings. The minimum absolute atomic E-state index is 0.141. The molecule has 6 heteroatoms. The highest BCUT2D eigenvalue weighted by Gasteiger charge is 2.34. The number of thioether (sulfide) groups is 1. The monoisotopic (exact) mass is 356 g/mol.